The van der Waals surface area contributed by atoms with Gasteiger partial charge in [-0.25, -0.2) is 13.4 Å². The van der Waals surface area contributed by atoms with Crippen LogP contribution in [0.15, 0.2) is 52.1 Å². The third-order valence-electron chi connectivity index (χ3n) is 4.81. The van der Waals surface area contributed by atoms with E-state index in [0.717, 1.165) is 17.7 Å². The fourth-order valence-corrected chi connectivity index (χ4v) is 5.20. The van der Waals surface area contributed by atoms with E-state index < -0.39 is 32.4 Å². The molecule has 2 atom stereocenters. The van der Waals surface area contributed by atoms with Gasteiger partial charge >= 0.3 is 6.18 Å². The summed E-state index contributed by atoms with van der Waals surface area (Å²) in [6.45, 7) is 1.75. The minimum absolute atomic E-state index is 0.134. The number of rotatable bonds is 3. The molecule has 2 heterocycles. The molecule has 1 aromatic carbocycles. The van der Waals surface area contributed by atoms with E-state index in [1.165, 1.54) is 6.07 Å². The van der Waals surface area contributed by atoms with Crippen molar-refractivity contribution in [3.05, 3.63) is 58.3 Å². The van der Waals surface area contributed by atoms with Crippen LogP contribution in [0.25, 0.3) is 0 Å². The molecule has 0 radical (unpaired) electrons. The van der Waals surface area contributed by atoms with Crippen molar-refractivity contribution in [3.8, 4) is 0 Å². The number of aromatic nitrogens is 1. The van der Waals surface area contributed by atoms with E-state index in [9.17, 15) is 21.6 Å². The van der Waals surface area contributed by atoms with Crippen LogP contribution in [0, 0.1) is 0 Å². The zero-order valence-corrected chi connectivity index (χ0v) is 16.7. The summed E-state index contributed by atoms with van der Waals surface area (Å²) < 4.78 is 70.4. The molecule has 27 heavy (non-hydrogen) atoms. The quantitative estimate of drug-likeness (QED) is 0.604. The Morgan fingerprint density at radius 2 is 2.00 bits per heavy atom. The standard InChI is InChI=1S/C18H17BrF3NO3S/c1-17(7-8-26-15(10-17)12-5-6-16(19)23-11-12)27(24,25)14-4-2-3-13(9-14)18(20,21)22/h2-6,9,11,15H,7-8,10H2,1H3. The highest BCUT2D eigenvalue weighted by atomic mass is 79.9. The predicted octanol–water partition coefficient (Wildman–Crippen LogP) is 4.95. The van der Waals surface area contributed by atoms with Gasteiger partial charge < -0.3 is 4.74 Å². The molecule has 0 amide bonds. The zero-order valence-electron chi connectivity index (χ0n) is 14.3. The summed E-state index contributed by atoms with van der Waals surface area (Å²) in [7, 11) is -4.00. The number of hydrogen-bond acceptors (Lipinski definition) is 4. The molecule has 2 aromatic rings. The van der Waals surface area contributed by atoms with Gasteiger partial charge in [0.1, 0.15) is 4.60 Å². The maximum absolute atomic E-state index is 13.2. The average Bonchev–Trinajstić information content (AvgIpc) is 2.61. The fraction of sp³-hybridized carbons (Fsp3) is 0.389. The van der Waals surface area contributed by atoms with Crippen LogP contribution in [0.4, 0.5) is 13.2 Å². The second kappa shape index (κ2) is 7.18. The van der Waals surface area contributed by atoms with Crippen LogP contribution in [0.1, 0.15) is 37.0 Å². The van der Waals surface area contributed by atoms with Crippen LogP contribution < -0.4 is 0 Å². The molecule has 9 heteroatoms. The van der Waals surface area contributed by atoms with Crippen LogP contribution >= 0.6 is 15.9 Å². The van der Waals surface area contributed by atoms with Crippen molar-refractivity contribution in [3.63, 3.8) is 0 Å². The van der Waals surface area contributed by atoms with Crippen molar-refractivity contribution in [2.75, 3.05) is 6.61 Å². The van der Waals surface area contributed by atoms with E-state index in [1.807, 2.05) is 0 Å². The van der Waals surface area contributed by atoms with Crippen molar-refractivity contribution in [1.82, 2.24) is 4.98 Å². The molecule has 2 unspecified atom stereocenters. The molecular weight excluding hydrogens is 447 g/mol. The number of benzene rings is 1. The average molecular weight is 464 g/mol. The SMILES string of the molecule is CC1(S(=O)(=O)c2cccc(C(F)(F)F)c2)CCOC(c2ccc(Br)nc2)C1. The molecule has 1 aliphatic rings. The topological polar surface area (TPSA) is 56.3 Å². The summed E-state index contributed by atoms with van der Waals surface area (Å²) in [5.74, 6) is 0. The van der Waals surface area contributed by atoms with Gasteiger partial charge in [-0.05, 0) is 65.5 Å². The van der Waals surface area contributed by atoms with Crippen LogP contribution in [0.5, 0.6) is 0 Å². The van der Waals surface area contributed by atoms with Crippen molar-refractivity contribution in [1.29, 1.82) is 0 Å². The molecular formula is C18H17BrF3NO3S. The zero-order chi connectivity index (χ0) is 19.9. The highest BCUT2D eigenvalue weighted by molar-refractivity contribution is 9.10. The number of pyridine rings is 1. The number of hydrogen-bond donors (Lipinski definition) is 0. The molecule has 0 aliphatic carbocycles. The third kappa shape index (κ3) is 4.05. The Morgan fingerprint density at radius 1 is 1.26 bits per heavy atom. The fourth-order valence-electron chi connectivity index (χ4n) is 3.13. The van der Waals surface area contributed by atoms with E-state index in [4.69, 9.17) is 4.74 Å². The molecule has 4 nitrogen and oxygen atoms in total. The van der Waals surface area contributed by atoms with Crippen LogP contribution in [-0.2, 0) is 20.8 Å². The molecule has 0 bridgehead atoms. The van der Waals surface area contributed by atoms with Gasteiger partial charge in [0.2, 0.25) is 0 Å². The molecule has 3 rings (SSSR count). The monoisotopic (exact) mass is 463 g/mol. The van der Waals surface area contributed by atoms with Crippen molar-refractivity contribution < 1.29 is 26.3 Å². The van der Waals surface area contributed by atoms with Gasteiger partial charge in [-0.15, -0.1) is 0 Å². The van der Waals surface area contributed by atoms with Crippen molar-refractivity contribution >= 4 is 25.8 Å². The molecule has 1 aliphatic heterocycles. The first-order chi connectivity index (χ1) is 12.5. The minimum Gasteiger partial charge on any atom is -0.373 e. The second-order valence-electron chi connectivity index (χ2n) is 6.71. The van der Waals surface area contributed by atoms with E-state index in [1.54, 1.807) is 25.3 Å². The largest absolute Gasteiger partial charge is 0.416 e. The molecule has 0 spiro atoms. The van der Waals surface area contributed by atoms with Gasteiger partial charge in [0.25, 0.3) is 0 Å². The van der Waals surface area contributed by atoms with Gasteiger partial charge in [0, 0.05) is 12.8 Å². The summed E-state index contributed by atoms with van der Waals surface area (Å²) in [5, 5.41) is 0. The van der Waals surface area contributed by atoms with Gasteiger partial charge in [0.15, 0.2) is 9.84 Å². The number of alkyl halides is 3. The Bertz CT molecular complexity index is 932. The lowest BCUT2D eigenvalue weighted by Gasteiger charge is -2.37. The highest BCUT2D eigenvalue weighted by Gasteiger charge is 2.45. The van der Waals surface area contributed by atoms with Crippen LogP contribution in [0.2, 0.25) is 0 Å². The molecule has 0 N–H and O–H groups in total. The van der Waals surface area contributed by atoms with Crippen LogP contribution in [0.3, 0.4) is 0 Å². The number of ether oxygens (including phenoxy) is 1. The summed E-state index contributed by atoms with van der Waals surface area (Å²) >= 11 is 3.24. The smallest absolute Gasteiger partial charge is 0.373 e. The van der Waals surface area contributed by atoms with E-state index in [-0.39, 0.29) is 24.3 Å². The lowest BCUT2D eigenvalue weighted by molar-refractivity contribution is -0.137. The third-order valence-corrected chi connectivity index (χ3v) is 7.82. The Labute approximate surface area is 163 Å². The molecule has 1 aromatic heterocycles. The maximum atomic E-state index is 13.2. The minimum atomic E-state index is -4.60. The van der Waals surface area contributed by atoms with Gasteiger partial charge in [0.05, 0.1) is 21.3 Å². The van der Waals surface area contributed by atoms with Gasteiger partial charge in [-0.1, -0.05) is 12.1 Å². The second-order valence-corrected chi connectivity index (χ2v) is 9.98. The summed E-state index contributed by atoms with van der Waals surface area (Å²) in [6.07, 6.45) is -3.17. The first kappa shape index (κ1) is 20.3. The highest BCUT2D eigenvalue weighted by Crippen LogP contribution is 2.42. The Balaban J connectivity index is 1.94. The number of sulfone groups is 1. The first-order valence-corrected chi connectivity index (χ1v) is 10.5. The molecule has 1 saturated heterocycles. The summed E-state index contributed by atoms with van der Waals surface area (Å²) in [4.78, 5) is 3.80. The normalized spacial score (nSPS) is 24.0. The van der Waals surface area contributed by atoms with E-state index in [0.29, 0.717) is 10.7 Å². The molecule has 146 valence electrons. The lowest BCUT2D eigenvalue weighted by Crippen LogP contribution is -2.42. The van der Waals surface area contributed by atoms with Crippen molar-refractivity contribution in [2.45, 2.75) is 41.7 Å². The van der Waals surface area contributed by atoms with Crippen molar-refractivity contribution in [2.24, 2.45) is 0 Å². The van der Waals surface area contributed by atoms with E-state index in [2.05, 4.69) is 20.9 Å². The Hall–Kier alpha value is -1.45. The van der Waals surface area contributed by atoms with E-state index >= 15 is 0 Å². The number of halogens is 4. The predicted molar refractivity (Wildman–Crippen MR) is 96.9 cm³/mol. The molecule has 0 saturated carbocycles. The lowest BCUT2D eigenvalue weighted by atomic mass is 9.93. The Morgan fingerprint density at radius 3 is 2.63 bits per heavy atom. The Kier molecular flexibility index (Phi) is 5.39. The van der Waals surface area contributed by atoms with Crippen LogP contribution in [-0.4, -0.2) is 24.8 Å². The first-order valence-electron chi connectivity index (χ1n) is 8.18. The summed E-state index contributed by atoms with van der Waals surface area (Å²) in [5.41, 5.74) is -0.253. The summed E-state index contributed by atoms with van der Waals surface area (Å²) in [6, 6.07) is 7.40. The number of nitrogens with zero attached hydrogens (tertiary/aromatic N) is 1. The van der Waals surface area contributed by atoms with Gasteiger partial charge in [-0.2, -0.15) is 13.2 Å². The van der Waals surface area contributed by atoms with Gasteiger partial charge in [-0.3, -0.25) is 0 Å². The molecule has 1 fully saturated rings. The maximum Gasteiger partial charge on any atom is 0.416 e.